The normalized spacial score (nSPS) is 15.1. The molecule has 1 aromatic rings. The van der Waals surface area contributed by atoms with Crippen LogP contribution in [0.5, 0.6) is 0 Å². The van der Waals surface area contributed by atoms with Crippen molar-refractivity contribution in [2.45, 2.75) is 13.3 Å². The summed E-state index contributed by atoms with van der Waals surface area (Å²) in [7, 11) is 0. The van der Waals surface area contributed by atoms with Gasteiger partial charge in [-0.05, 0) is 24.5 Å². The van der Waals surface area contributed by atoms with Crippen LogP contribution in [0.2, 0.25) is 0 Å². The summed E-state index contributed by atoms with van der Waals surface area (Å²) in [6.45, 7) is 2.12. The van der Waals surface area contributed by atoms with Crippen LogP contribution in [-0.4, -0.2) is 6.29 Å². The highest BCUT2D eigenvalue weighted by atomic mass is 16.1. The molecule has 0 bridgehead atoms. The van der Waals surface area contributed by atoms with Crippen molar-refractivity contribution in [3.63, 3.8) is 0 Å². The Labute approximate surface area is 95.8 Å². The van der Waals surface area contributed by atoms with Gasteiger partial charge >= 0.3 is 0 Å². The van der Waals surface area contributed by atoms with Crippen LogP contribution in [-0.2, 0) is 0 Å². The first-order valence-electron chi connectivity index (χ1n) is 5.39. The van der Waals surface area contributed by atoms with Gasteiger partial charge in [0.2, 0.25) is 0 Å². The lowest BCUT2D eigenvalue weighted by Gasteiger charge is -2.01. The zero-order chi connectivity index (χ0) is 11.4. The lowest BCUT2D eigenvalue weighted by Crippen LogP contribution is -1.83. The van der Waals surface area contributed by atoms with Crippen molar-refractivity contribution >= 4 is 11.9 Å². The van der Waals surface area contributed by atoms with Gasteiger partial charge in [0.05, 0.1) is 0 Å². The summed E-state index contributed by atoms with van der Waals surface area (Å²) in [5.41, 5.74) is 4.41. The van der Waals surface area contributed by atoms with E-state index in [1.165, 1.54) is 11.1 Å². The summed E-state index contributed by atoms with van der Waals surface area (Å²) in [6, 6.07) is 7.65. The second-order valence-corrected chi connectivity index (χ2v) is 3.98. The van der Waals surface area contributed by atoms with Gasteiger partial charge in [0.15, 0.2) is 0 Å². The van der Waals surface area contributed by atoms with Crippen molar-refractivity contribution in [1.29, 1.82) is 0 Å². The van der Waals surface area contributed by atoms with Gasteiger partial charge in [-0.15, -0.1) is 0 Å². The fraction of sp³-hybridized carbons (Fsp3) is 0.133. The molecule has 1 aliphatic rings. The lowest BCUT2D eigenvalue weighted by atomic mass is 10.0. The van der Waals surface area contributed by atoms with E-state index in [2.05, 4.69) is 31.2 Å². The lowest BCUT2D eigenvalue weighted by molar-refractivity contribution is 0.112. The third kappa shape index (κ3) is 2.37. The Kier molecular flexibility index (Phi) is 3.16. The maximum atomic E-state index is 10.6. The predicted octanol–water partition coefficient (Wildman–Crippen LogP) is 3.79. The molecule has 0 amide bonds. The number of carbonyl (C=O) groups is 1. The molecule has 0 atom stereocenters. The van der Waals surface area contributed by atoms with Crippen molar-refractivity contribution in [1.82, 2.24) is 0 Å². The van der Waals surface area contributed by atoms with Gasteiger partial charge in [0.25, 0.3) is 0 Å². The van der Waals surface area contributed by atoms with Crippen LogP contribution in [0.4, 0.5) is 0 Å². The van der Waals surface area contributed by atoms with E-state index in [0.717, 1.165) is 18.3 Å². The summed E-state index contributed by atoms with van der Waals surface area (Å²) in [5, 5.41) is 0. The smallest absolute Gasteiger partial charge is 0.150 e. The topological polar surface area (TPSA) is 17.1 Å². The Morgan fingerprint density at radius 3 is 2.56 bits per heavy atom. The first-order chi connectivity index (χ1) is 7.79. The van der Waals surface area contributed by atoms with Crippen LogP contribution in [0.1, 0.15) is 29.3 Å². The number of carbonyl (C=O) groups excluding carboxylic acids is 1. The Balaban J connectivity index is 2.33. The van der Waals surface area contributed by atoms with Crippen LogP contribution in [0.25, 0.3) is 5.57 Å². The minimum absolute atomic E-state index is 0.716. The van der Waals surface area contributed by atoms with Crippen molar-refractivity contribution in [3.8, 4) is 0 Å². The number of aldehydes is 1. The van der Waals surface area contributed by atoms with E-state index in [0.29, 0.717) is 5.56 Å². The highest BCUT2D eigenvalue weighted by Crippen LogP contribution is 2.20. The van der Waals surface area contributed by atoms with Gasteiger partial charge in [-0.2, -0.15) is 0 Å². The first-order valence-corrected chi connectivity index (χ1v) is 5.39. The van der Waals surface area contributed by atoms with E-state index in [9.17, 15) is 4.79 Å². The number of rotatable bonds is 2. The molecule has 0 saturated heterocycles. The summed E-state index contributed by atoms with van der Waals surface area (Å²) >= 11 is 0. The molecular formula is C15H14O. The molecule has 2 rings (SSSR count). The van der Waals surface area contributed by atoms with Crippen LogP contribution < -0.4 is 0 Å². The van der Waals surface area contributed by atoms with Crippen LogP contribution in [0, 0.1) is 0 Å². The fourth-order valence-electron chi connectivity index (χ4n) is 1.67. The maximum Gasteiger partial charge on any atom is 0.150 e. The van der Waals surface area contributed by atoms with E-state index >= 15 is 0 Å². The molecule has 1 aliphatic carbocycles. The van der Waals surface area contributed by atoms with Crippen molar-refractivity contribution < 1.29 is 4.79 Å². The minimum atomic E-state index is 0.716. The zero-order valence-electron chi connectivity index (χ0n) is 9.31. The molecule has 0 fully saturated rings. The Hall–Kier alpha value is -1.89. The van der Waals surface area contributed by atoms with Gasteiger partial charge in [-0.3, -0.25) is 4.79 Å². The van der Waals surface area contributed by atoms with Crippen molar-refractivity contribution in [3.05, 3.63) is 65.3 Å². The molecular weight excluding hydrogens is 196 g/mol. The summed E-state index contributed by atoms with van der Waals surface area (Å²) in [4.78, 5) is 10.6. The van der Waals surface area contributed by atoms with Crippen LogP contribution in [0.15, 0.2) is 54.1 Å². The number of hydrogen-bond donors (Lipinski definition) is 0. The fourth-order valence-corrected chi connectivity index (χ4v) is 1.67. The molecule has 0 N–H and O–H groups in total. The van der Waals surface area contributed by atoms with Gasteiger partial charge < -0.3 is 0 Å². The summed E-state index contributed by atoms with van der Waals surface area (Å²) < 4.78 is 0. The van der Waals surface area contributed by atoms with E-state index in [-0.39, 0.29) is 0 Å². The zero-order valence-corrected chi connectivity index (χ0v) is 9.31. The van der Waals surface area contributed by atoms with Crippen molar-refractivity contribution in [2.75, 3.05) is 0 Å². The Morgan fingerprint density at radius 2 is 1.88 bits per heavy atom. The summed E-state index contributed by atoms with van der Waals surface area (Å²) in [5.74, 6) is 0. The number of benzene rings is 1. The molecule has 0 aromatic heterocycles. The predicted molar refractivity (Wildman–Crippen MR) is 67.3 cm³/mol. The third-order valence-electron chi connectivity index (χ3n) is 2.66. The molecule has 0 radical (unpaired) electrons. The average Bonchev–Trinajstić information content (AvgIpc) is 2.54. The highest BCUT2D eigenvalue weighted by molar-refractivity contribution is 5.79. The van der Waals surface area contributed by atoms with E-state index in [1.807, 2.05) is 24.3 Å². The second kappa shape index (κ2) is 4.75. The van der Waals surface area contributed by atoms with Crippen LogP contribution in [0.3, 0.4) is 0 Å². The molecule has 0 unspecified atom stereocenters. The molecule has 1 aromatic carbocycles. The Morgan fingerprint density at radius 1 is 1.12 bits per heavy atom. The van der Waals surface area contributed by atoms with E-state index < -0.39 is 0 Å². The number of hydrogen-bond acceptors (Lipinski definition) is 1. The minimum Gasteiger partial charge on any atom is -0.298 e. The standard InChI is InChI=1S/C15H14O/c1-12-3-2-4-14(8-5-12)15-9-6-13(11-16)7-10-15/h2,4-11H,3H2,1H3. The first kappa shape index (κ1) is 10.6. The maximum absolute atomic E-state index is 10.6. The van der Waals surface area contributed by atoms with Gasteiger partial charge in [-0.1, -0.05) is 54.1 Å². The van der Waals surface area contributed by atoms with Gasteiger partial charge in [-0.25, -0.2) is 0 Å². The second-order valence-electron chi connectivity index (χ2n) is 3.98. The number of allylic oxidation sites excluding steroid dienone is 6. The van der Waals surface area contributed by atoms with Gasteiger partial charge in [0.1, 0.15) is 6.29 Å². The molecule has 0 aliphatic heterocycles. The molecule has 1 heteroatoms. The van der Waals surface area contributed by atoms with Gasteiger partial charge in [0, 0.05) is 5.56 Å². The van der Waals surface area contributed by atoms with Crippen molar-refractivity contribution in [2.24, 2.45) is 0 Å². The molecule has 0 spiro atoms. The molecule has 0 saturated carbocycles. The van der Waals surface area contributed by atoms with Crippen LogP contribution >= 0.6 is 0 Å². The summed E-state index contributed by atoms with van der Waals surface area (Å²) in [6.07, 6.45) is 10.4. The molecule has 1 nitrogen and oxygen atoms in total. The molecule has 16 heavy (non-hydrogen) atoms. The average molecular weight is 210 g/mol. The highest BCUT2D eigenvalue weighted by Gasteiger charge is 2.00. The van der Waals surface area contributed by atoms with E-state index in [1.54, 1.807) is 0 Å². The van der Waals surface area contributed by atoms with E-state index in [4.69, 9.17) is 0 Å². The quantitative estimate of drug-likeness (QED) is 0.679. The Bertz CT molecular complexity index is 473. The largest absolute Gasteiger partial charge is 0.298 e. The molecule has 0 heterocycles. The molecule has 80 valence electrons. The SMILES string of the molecule is CC1=CC=C(c2ccc(C=O)cc2)C=CC1. The third-order valence-corrected chi connectivity index (χ3v) is 2.66. The monoisotopic (exact) mass is 210 g/mol.